The second kappa shape index (κ2) is 6.58. The van der Waals surface area contributed by atoms with Crippen molar-refractivity contribution in [3.8, 4) is 0 Å². The molecule has 0 saturated heterocycles. The van der Waals surface area contributed by atoms with Crippen LogP contribution in [0.2, 0.25) is 0 Å². The summed E-state index contributed by atoms with van der Waals surface area (Å²) in [6.07, 6.45) is 7.14. The van der Waals surface area contributed by atoms with E-state index < -0.39 is 0 Å². The van der Waals surface area contributed by atoms with Gasteiger partial charge in [-0.2, -0.15) is 0 Å². The number of rotatable bonds is 4. The van der Waals surface area contributed by atoms with Gasteiger partial charge in [-0.05, 0) is 67.2 Å². The maximum absolute atomic E-state index is 6.42. The lowest BCUT2D eigenvalue weighted by Crippen LogP contribution is -2.52. The Bertz CT molecular complexity index is 255. The fraction of sp³-hybridized carbons (Fsp3) is 1.00. The Morgan fingerprint density at radius 3 is 1.89 bits per heavy atom. The highest BCUT2D eigenvalue weighted by atomic mass is 16.5. The van der Waals surface area contributed by atoms with Crippen LogP contribution >= 0.6 is 0 Å². The molecule has 2 atom stereocenters. The molecule has 0 amide bonds. The Labute approximate surface area is 120 Å². The molecule has 2 nitrogen and oxygen atoms in total. The Hall–Kier alpha value is -0.0800. The van der Waals surface area contributed by atoms with Crippen LogP contribution in [0, 0.1) is 5.92 Å². The zero-order valence-electron chi connectivity index (χ0n) is 14.2. The third kappa shape index (κ3) is 6.76. The first-order valence-corrected chi connectivity index (χ1v) is 8.04. The van der Waals surface area contributed by atoms with Gasteiger partial charge in [0.25, 0.3) is 0 Å². The highest BCUT2D eigenvalue weighted by Gasteiger charge is 2.33. The topological polar surface area (TPSA) is 21.3 Å². The molecule has 1 N–H and O–H groups in total. The SMILES string of the molecule is C[C@@H](NC(C)(C)C)[C@@H](OC(C)(C)C)C1CCCCC1. The van der Waals surface area contributed by atoms with Gasteiger partial charge in [-0.3, -0.25) is 0 Å². The van der Waals surface area contributed by atoms with Gasteiger partial charge < -0.3 is 10.1 Å². The monoisotopic (exact) mass is 269 g/mol. The Morgan fingerprint density at radius 1 is 0.947 bits per heavy atom. The quantitative estimate of drug-likeness (QED) is 0.810. The summed E-state index contributed by atoms with van der Waals surface area (Å²) in [7, 11) is 0. The molecule has 1 aliphatic carbocycles. The van der Waals surface area contributed by atoms with E-state index in [1.54, 1.807) is 0 Å². The first-order valence-electron chi connectivity index (χ1n) is 8.04. The number of hydrogen-bond donors (Lipinski definition) is 1. The average molecular weight is 269 g/mol. The molecule has 0 heterocycles. The molecule has 19 heavy (non-hydrogen) atoms. The second-order valence-corrected chi connectivity index (χ2v) is 8.28. The molecule has 0 radical (unpaired) electrons. The molecule has 2 heteroatoms. The summed E-state index contributed by atoms with van der Waals surface area (Å²) in [5.41, 5.74) is 0.0868. The zero-order valence-corrected chi connectivity index (χ0v) is 14.2. The highest BCUT2D eigenvalue weighted by molar-refractivity contribution is 4.87. The third-order valence-corrected chi connectivity index (χ3v) is 3.76. The lowest BCUT2D eigenvalue weighted by molar-refractivity contribution is -0.106. The summed E-state index contributed by atoms with van der Waals surface area (Å²) in [5.74, 6) is 0.720. The van der Waals surface area contributed by atoms with E-state index in [1.807, 2.05) is 0 Å². The largest absolute Gasteiger partial charge is 0.371 e. The molecular formula is C17H35NO. The van der Waals surface area contributed by atoms with Crippen molar-refractivity contribution >= 4 is 0 Å². The summed E-state index contributed by atoms with van der Waals surface area (Å²) < 4.78 is 6.42. The van der Waals surface area contributed by atoms with Gasteiger partial charge in [0.1, 0.15) is 0 Å². The van der Waals surface area contributed by atoms with Crippen LogP contribution in [0.4, 0.5) is 0 Å². The van der Waals surface area contributed by atoms with Crippen molar-refractivity contribution in [2.24, 2.45) is 5.92 Å². The van der Waals surface area contributed by atoms with Crippen molar-refractivity contribution < 1.29 is 4.74 Å². The fourth-order valence-electron chi connectivity index (χ4n) is 3.24. The summed E-state index contributed by atoms with van der Waals surface area (Å²) in [6.45, 7) is 15.5. The molecule has 1 rings (SSSR count). The van der Waals surface area contributed by atoms with Crippen LogP contribution in [0.15, 0.2) is 0 Å². The third-order valence-electron chi connectivity index (χ3n) is 3.76. The molecule has 0 aliphatic heterocycles. The van der Waals surface area contributed by atoms with Gasteiger partial charge in [0.05, 0.1) is 11.7 Å². The summed E-state index contributed by atoms with van der Waals surface area (Å²) in [5, 5.41) is 3.71. The minimum atomic E-state index is -0.0596. The van der Waals surface area contributed by atoms with E-state index in [2.05, 4.69) is 53.8 Å². The van der Waals surface area contributed by atoms with Crippen molar-refractivity contribution in [1.29, 1.82) is 0 Å². The molecule has 0 bridgehead atoms. The van der Waals surface area contributed by atoms with Crippen molar-refractivity contribution in [2.45, 2.75) is 104 Å². The predicted molar refractivity (Wildman–Crippen MR) is 83.6 cm³/mol. The first-order chi connectivity index (χ1) is 8.58. The molecule has 0 aromatic carbocycles. The van der Waals surface area contributed by atoms with E-state index in [1.165, 1.54) is 32.1 Å². The van der Waals surface area contributed by atoms with Gasteiger partial charge in [-0.15, -0.1) is 0 Å². The molecule has 1 aliphatic rings. The van der Waals surface area contributed by atoms with Gasteiger partial charge in [0.15, 0.2) is 0 Å². The van der Waals surface area contributed by atoms with E-state index >= 15 is 0 Å². The molecule has 0 aromatic heterocycles. The minimum Gasteiger partial charge on any atom is -0.371 e. The maximum atomic E-state index is 6.42. The van der Waals surface area contributed by atoms with Crippen LogP contribution in [0.5, 0.6) is 0 Å². The van der Waals surface area contributed by atoms with Crippen molar-refractivity contribution in [2.75, 3.05) is 0 Å². The van der Waals surface area contributed by atoms with E-state index in [9.17, 15) is 0 Å². The van der Waals surface area contributed by atoms with Gasteiger partial charge in [0, 0.05) is 11.6 Å². The smallest absolute Gasteiger partial charge is 0.0760 e. The molecule has 114 valence electrons. The van der Waals surface area contributed by atoms with Crippen LogP contribution in [0.25, 0.3) is 0 Å². The van der Waals surface area contributed by atoms with Crippen molar-refractivity contribution in [1.82, 2.24) is 5.32 Å². The van der Waals surface area contributed by atoms with Gasteiger partial charge >= 0.3 is 0 Å². The molecular weight excluding hydrogens is 234 g/mol. The maximum Gasteiger partial charge on any atom is 0.0760 e. The first kappa shape index (κ1) is 17.0. The number of ether oxygens (including phenoxy) is 1. The fourth-order valence-corrected chi connectivity index (χ4v) is 3.24. The Morgan fingerprint density at radius 2 is 1.47 bits per heavy atom. The molecule has 0 unspecified atom stereocenters. The summed E-state index contributed by atoms with van der Waals surface area (Å²) in [4.78, 5) is 0. The molecule has 0 aromatic rings. The van der Waals surface area contributed by atoms with Gasteiger partial charge in [-0.1, -0.05) is 19.3 Å². The highest BCUT2D eigenvalue weighted by Crippen LogP contribution is 2.32. The van der Waals surface area contributed by atoms with E-state index in [-0.39, 0.29) is 11.1 Å². The average Bonchev–Trinajstić information content (AvgIpc) is 2.23. The van der Waals surface area contributed by atoms with Crippen LogP contribution in [0.3, 0.4) is 0 Å². The van der Waals surface area contributed by atoms with Crippen LogP contribution < -0.4 is 5.32 Å². The van der Waals surface area contributed by atoms with Crippen molar-refractivity contribution in [3.63, 3.8) is 0 Å². The summed E-state index contributed by atoms with van der Waals surface area (Å²) in [6, 6.07) is 0.405. The van der Waals surface area contributed by atoms with Crippen LogP contribution in [-0.2, 0) is 4.74 Å². The van der Waals surface area contributed by atoms with Gasteiger partial charge in [-0.25, -0.2) is 0 Å². The number of hydrogen-bond acceptors (Lipinski definition) is 2. The second-order valence-electron chi connectivity index (χ2n) is 8.28. The Balaban J connectivity index is 2.72. The number of nitrogens with one attached hydrogen (secondary N) is 1. The normalized spacial score (nSPS) is 22.3. The predicted octanol–water partition coefficient (Wildman–Crippen LogP) is 4.53. The lowest BCUT2D eigenvalue weighted by Gasteiger charge is -2.41. The van der Waals surface area contributed by atoms with Gasteiger partial charge in [0.2, 0.25) is 0 Å². The lowest BCUT2D eigenvalue weighted by atomic mass is 9.82. The standard InChI is InChI=1S/C17H35NO/c1-13(18-16(2,3)4)15(19-17(5,6)7)14-11-9-8-10-12-14/h13-15,18H,8-12H2,1-7H3/t13-,15-/m1/s1. The molecule has 0 spiro atoms. The van der Waals surface area contributed by atoms with Crippen LogP contribution in [-0.4, -0.2) is 23.3 Å². The van der Waals surface area contributed by atoms with E-state index in [0.717, 1.165) is 5.92 Å². The molecule has 1 fully saturated rings. The van der Waals surface area contributed by atoms with E-state index in [0.29, 0.717) is 12.1 Å². The zero-order chi connectivity index (χ0) is 14.7. The van der Waals surface area contributed by atoms with Crippen LogP contribution in [0.1, 0.15) is 80.6 Å². The minimum absolute atomic E-state index is 0.0596. The van der Waals surface area contributed by atoms with Crippen molar-refractivity contribution in [3.05, 3.63) is 0 Å². The molecule has 1 saturated carbocycles. The van der Waals surface area contributed by atoms with E-state index in [4.69, 9.17) is 4.74 Å². The summed E-state index contributed by atoms with van der Waals surface area (Å²) >= 11 is 0. The Kier molecular flexibility index (Phi) is 5.88.